The summed E-state index contributed by atoms with van der Waals surface area (Å²) in [6.07, 6.45) is 0. The number of carbonyl (C=O) groups excluding carboxylic acids is 2. The summed E-state index contributed by atoms with van der Waals surface area (Å²) in [4.78, 5) is 28.7. The SMILES string of the molecule is CC1=NC(=O)NC(c2ccccc2Br)C1C(=O)Nc1ccc(Cl)cc1. The number of hydrogen-bond donors (Lipinski definition) is 2. The zero-order valence-corrected chi connectivity index (χ0v) is 15.6. The Balaban J connectivity index is 1.93. The highest BCUT2D eigenvalue weighted by molar-refractivity contribution is 9.10. The molecule has 0 aliphatic carbocycles. The van der Waals surface area contributed by atoms with E-state index < -0.39 is 18.0 Å². The van der Waals surface area contributed by atoms with Gasteiger partial charge in [-0.3, -0.25) is 4.79 Å². The van der Waals surface area contributed by atoms with Crippen LogP contribution < -0.4 is 10.6 Å². The first kappa shape index (κ1) is 17.6. The Hall–Kier alpha value is -2.18. The van der Waals surface area contributed by atoms with Gasteiger partial charge in [-0.05, 0) is 42.8 Å². The van der Waals surface area contributed by atoms with E-state index in [4.69, 9.17) is 11.6 Å². The molecule has 7 heteroatoms. The van der Waals surface area contributed by atoms with E-state index in [9.17, 15) is 9.59 Å². The van der Waals surface area contributed by atoms with Gasteiger partial charge in [-0.2, -0.15) is 0 Å². The van der Waals surface area contributed by atoms with E-state index in [0.717, 1.165) is 10.0 Å². The summed E-state index contributed by atoms with van der Waals surface area (Å²) in [6, 6.07) is 13.4. The predicted octanol–water partition coefficient (Wildman–Crippen LogP) is 4.58. The van der Waals surface area contributed by atoms with Gasteiger partial charge in [-0.1, -0.05) is 45.7 Å². The summed E-state index contributed by atoms with van der Waals surface area (Å²) in [5.74, 6) is -0.864. The van der Waals surface area contributed by atoms with Crippen molar-refractivity contribution in [1.29, 1.82) is 0 Å². The average molecular weight is 421 g/mol. The van der Waals surface area contributed by atoms with Crippen molar-refractivity contribution in [2.45, 2.75) is 13.0 Å². The molecule has 0 fully saturated rings. The zero-order chi connectivity index (χ0) is 18.0. The molecule has 0 aromatic heterocycles. The van der Waals surface area contributed by atoms with E-state index in [1.54, 1.807) is 31.2 Å². The Morgan fingerprint density at radius 1 is 1.20 bits per heavy atom. The summed E-state index contributed by atoms with van der Waals surface area (Å²) in [5, 5.41) is 6.24. The van der Waals surface area contributed by atoms with Crippen LogP contribution in [-0.2, 0) is 4.79 Å². The van der Waals surface area contributed by atoms with Crippen LogP contribution in [0.2, 0.25) is 5.02 Å². The third-order valence-electron chi connectivity index (χ3n) is 3.97. The molecule has 3 amide bonds. The van der Waals surface area contributed by atoms with E-state index in [2.05, 4.69) is 31.6 Å². The topological polar surface area (TPSA) is 70.6 Å². The molecular weight excluding hydrogens is 406 g/mol. The minimum absolute atomic E-state index is 0.246. The number of carbonyl (C=O) groups is 2. The highest BCUT2D eigenvalue weighted by atomic mass is 79.9. The number of nitrogens with one attached hydrogen (secondary N) is 2. The third-order valence-corrected chi connectivity index (χ3v) is 4.95. The molecule has 5 nitrogen and oxygen atoms in total. The van der Waals surface area contributed by atoms with Crippen LogP contribution in [0, 0.1) is 5.92 Å². The summed E-state index contributed by atoms with van der Waals surface area (Å²) in [5.41, 5.74) is 1.92. The normalized spacial score (nSPS) is 19.8. The van der Waals surface area contributed by atoms with Crippen LogP contribution in [0.1, 0.15) is 18.5 Å². The van der Waals surface area contributed by atoms with Gasteiger partial charge in [0.25, 0.3) is 0 Å². The van der Waals surface area contributed by atoms with Gasteiger partial charge in [0.1, 0.15) is 5.92 Å². The lowest BCUT2D eigenvalue weighted by molar-refractivity contribution is -0.118. The lowest BCUT2D eigenvalue weighted by atomic mass is 9.87. The largest absolute Gasteiger partial charge is 0.341 e. The maximum atomic E-state index is 12.9. The Labute approximate surface area is 158 Å². The third kappa shape index (κ3) is 3.91. The van der Waals surface area contributed by atoms with Crippen molar-refractivity contribution >= 4 is 50.9 Å². The summed E-state index contributed by atoms with van der Waals surface area (Å²) < 4.78 is 0.819. The van der Waals surface area contributed by atoms with Crippen molar-refractivity contribution < 1.29 is 9.59 Å². The van der Waals surface area contributed by atoms with Gasteiger partial charge in [-0.15, -0.1) is 0 Å². The fraction of sp³-hybridized carbons (Fsp3) is 0.167. The Morgan fingerprint density at radius 2 is 1.88 bits per heavy atom. The van der Waals surface area contributed by atoms with E-state index in [1.807, 2.05) is 24.3 Å². The molecule has 0 bridgehead atoms. The molecule has 1 aliphatic rings. The van der Waals surface area contributed by atoms with Gasteiger partial charge < -0.3 is 10.6 Å². The van der Waals surface area contributed by atoms with Crippen LogP contribution in [0.25, 0.3) is 0 Å². The standard InChI is InChI=1S/C18H15BrClN3O2/c1-10-15(17(24)22-12-8-6-11(20)7-9-12)16(23-18(25)21-10)13-4-2-3-5-14(13)19/h2-9,15-16H,1H3,(H,22,24)(H,23,25). The van der Waals surface area contributed by atoms with E-state index in [1.165, 1.54) is 0 Å². The summed E-state index contributed by atoms with van der Waals surface area (Å²) in [6.45, 7) is 1.69. The Kier molecular flexibility index (Phi) is 5.20. The molecule has 2 aromatic carbocycles. The molecule has 25 heavy (non-hydrogen) atoms. The van der Waals surface area contributed by atoms with Gasteiger partial charge in [0, 0.05) is 20.9 Å². The monoisotopic (exact) mass is 419 g/mol. The molecule has 0 spiro atoms. The fourth-order valence-corrected chi connectivity index (χ4v) is 3.46. The number of nitrogens with zero attached hydrogens (tertiary/aromatic N) is 1. The van der Waals surface area contributed by atoms with Crippen LogP contribution in [-0.4, -0.2) is 17.6 Å². The molecule has 0 saturated heterocycles. The molecule has 2 unspecified atom stereocenters. The average Bonchev–Trinajstić information content (AvgIpc) is 2.56. The van der Waals surface area contributed by atoms with Gasteiger partial charge in [-0.25, -0.2) is 9.79 Å². The lowest BCUT2D eigenvalue weighted by Crippen LogP contribution is -2.45. The molecule has 1 aliphatic heterocycles. The fourth-order valence-electron chi connectivity index (χ4n) is 2.80. The molecular formula is C18H15BrClN3O2. The molecule has 128 valence electrons. The maximum absolute atomic E-state index is 12.9. The smallest absolute Gasteiger partial charge is 0.328 e. The number of amides is 3. The summed E-state index contributed by atoms with van der Waals surface area (Å²) in [7, 11) is 0. The number of halogens is 2. The maximum Gasteiger partial charge on any atom is 0.341 e. The van der Waals surface area contributed by atoms with Crippen molar-refractivity contribution in [3.63, 3.8) is 0 Å². The van der Waals surface area contributed by atoms with Crippen LogP contribution in [0.15, 0.2) is 58.0 Å². The first-order valence-corrected chi connectivity index (χ1v) is 8.79. The molecule has 3 rings (SSSR count). The number of urea groups is 1. The van der Waals surface area contributed by atoms with Crippen LogP contribution in [0.4, 0.5) is 10.5 Å². The Bertz CT molecular complexity index is 852. The first-order valence-electron chi connectivity index (χ1n) is 7.62. The van der Waals surface area contributed by atoms with Gasteiger partial charge in [0.2, 0.25) is 5.91 Å². The van der Waals surface area contributed by atoms with Gasteiger partial charge >= 0.3 is 6.03 Å². The molecule has 1 heterocycles. The minimum atomic E-state index is -0.618. The van der Waals surface area contributed by atoms with E-state index in [0.29, 0.717) is 16.4 Å². The zero-order valence-electron chi connectivity index (χ0n) is 13.3. The second-order valence-electron chi connectivity index (χ2n) is 5.68. The van der Waals surface area contributed by atoms with Crippen LogP contribution >= 0.6 is 27.5 Å². The highest BCUT2D eigenvalue weighted by Crippen LogP contribution is 2.32. The van der Waals surface area contributed by atoms with Crippen molar-refractivity contribution in [1.82, 2.24) is 5.32 Å². The number of aliphatic imine (C=N–C) groups is 1. The first-order chi connectivity index (χ1) is 12.0. The van der Waals surface area contributed by atoms with Gasteiger partial charge in [0.05, 0.1) is 6.04 Å². The van der Waals surface area contributed by atoms with E-state index >= 15 is 0 Å². The number of hydrogen-bond acceptors (Lipinski definition) is 2. The van der Waals surface area contributed by atoms with Crippen molar-refractivity contribution in [3.05, 3.63) is 63.6 Å². The molecule has 2 atom stereocenters. The van der Waals surface area contributed by atoms with Crippen LogP contribution in [0.5, 0.6) is 0 Å². The van der Waals surface area contributed by atoms with Crippen LogP contribution in [0.3, 0.4) is 0 Å². The minimum Gasteiger partial charge on any atom is -0.328 e. The predicted molar refractivity (Wildman–Crippen MR) is 102 cm³/mol. The second kappa shape index (κ2) is 7.37. The van der Waals surface area contributed by atoms with Gasteiger partial charge in [0.15, 0.2) is 0 Å². The number of rotatable bonds is 3. The molecule has 2 aromatic rings. The van der Waals surface area contributed by atoms with Crippen molar-refractivity contribution in [2.24, 2.45) is 10.9 Å². The highest BCUT2D eigenvalue weighted by Gasteiger charge is 2.37. The molecule has 0 radical (unpaired) electrons. The number of anilines is 1. The quantitative estimate of drug-likeness (QED) is 0.763. The lowest BCUT2D eigenvalue weighted by Gasteiger charge is -2.31. The second-order valence-corrected chi connectivity index (χ2v) is 6.97. The number of benzene rings is 2. The van der Waals surface area contributed by atoms with Crippen molar-refractivity contribution in [3.8, 4) is 0 Å². The molecule has 2 N–H and O–H groups in total. The molecule has 0 saturated carbocycles. The van der Waals surface area contributed by atoms with E-state index in [-0.39, 0.29) is 5.91 Å². The van der Waals surface area contributed by atoms with Crippen molar-refractivity contribution in [2.75, 3.05) is 5.32 Å². The summed E-state index contributed by atoms with van der Waals surface area (Å²) >= 11 is 9.36. The Morgan fingerprint density at radius 3 is 2.56 bits per heavy atom.